The lowest BCUT2D eigenvalue weighted by Gasteiger charge is -2.22. The van der Waals surface area contributed by atoms with E-state index in [1.807, 2.05) is 60.7 Å². The fourth-order valence-corrected chi connectivity index (χ4v) is 2.65. The first-order chi connectivity index (χ1) is 11.1. The van der Waals surface area contributed by atoms with E-state index in [4.69, 9.17) is 0 Å². The van der Waals surface area contributed by atoms with Crippen molar-refractivity contribution in [2.45, 2.75) is 19.5 Å². The zero-order chi connectivity index (χ0) is 16.4. The fraction of sp³-hybridized carbons (Fsp3) is 0.167. The van der Waals surface area contributed by atoms with Gasteiger partial charge < -0.3 is 0 Å². The second kappa shape index (κ2) is 6.04. The minimum Gasteiger partial charge on any atom is -0.263 e. The molecule has 0 aromatic heterocycles. The first kappa shape index (κ1) is 15.0. The van der Waals surface area contributed by atoms with Crippen LogP contribution in [0.2, 0.25) is 0 Å². The number of carbonyl (C=O) groups excluding carboxylic acids is 3. The van der Waals surface area contributed by atoms with E-state index in [1.54, 1.807) is 6.92 Å². The van der Waals surface area contributed by atoms with E-state index >= 15 is 0 Å². The smallest absolute Gasteiger partial charge is 0.263 e. The Kier molecular flexibility index (Phi) is 3.93. The molecule has 0 aliphatic carbocycles. The highest BCUT2D eigenvalue weighted by molar-refractivity contribution is 6.44. The van der Waals surface area contributed by atoms with Crippen molar-refractivity contribution in [1.82, 2.24) is 9.80 Å². The van der Waals surface area contributed by atoms with Gasteiger partial charge in [-0.3, -0.25) is 14.5 Å². The van der Waals surface area contributed by atoms with Gasteiger partial charge in [0.25, 0.3) is 0 Å². The Balaban J connectivity index is 1.85. The van der Waals surface area contributed by atoms with Gasteiger partial charge in [0, 0.05) is 0 Å². The highest BCUT2D eigenvalue weighted by atomic mass is 16.2. The molecule has 5 nitrogen and oxygen atoms in total. The number of amides is 4. The Morgan fingerprint density at radius 2 is 1.39 bits per heavy atom. The van der Waals surface area contributed by atoms with Crippen molar-refractivity contribution in [2.75, 3.05) is 0 Å². The SMILES string of the molecule is CC(c1ccccc1)N1C(=O)C(=O)N(Cc2ccccc2)C1=O. The second-order valence-electron chi connectivity index (χ2n) is 5.42. The Morgan fingerprint density at radius 1 is 0.826 bits per heavy atom. The minimum absolute atomic E-state index is 0.0995. The molecule has 0 bridgehead atoms. The standard InChI is InChI=1S/C18H16N2O3/c1-13(15-10-6-3-7-11-15)20-17(22)16(21)19(18(20)23)12-14-8-4-2-5-9-14/h2-11,13H,12H2,1H3. The monoisotopic (exact) mass is 308 g/mol. The molecule has 23 heavy (non-hydrogen) atoms. The van der Waals surface area contributed by atoms with Gasteiger partial charge in [0.15, 0.2) is 0 Å². The molecule has 1 fully saturated rings. The number of benzene rings is 2. The molecule has 0 spiro atoms. The Labute approximate surface area is 134 Å². The van der Waals surface area contributed by atoms with Crippen LogP contribution < -0.4 is 0 Å². The fourth-order valence-electron chi connectivity index (χ4n) is 2.65. The van der Waals surface area contributed by atoms with Crippen LogP contribution in [-0.4, -0.2) is 27.6 Å². The van der Waals surface area contributed by atoms with Gasteiger partial charge in [-0.15, -0.1) is 0 Å². The molecular weight excluding hydrogens is 292 g/mol. The van der Waals surface area contributed by atoms with Crippen molar-refractivity contribution in [3.63, 3.8) is 0 Å². The summed E-state index contributed by atoms with van der Waals surface area (Å²) in [7, 11) is 0. The molecule has 1 heterocycles. The van der Waals surface area contributed by atoms with Crippen molar-refractivity contribution >= 4 is 17.8 Å². The summed E-state index contributed by atoms with van der Waals surface area (Å²) in [5, 5.41) is 0. The van der Waals surface area contributed by atoms with Crippen molar-refractivity contribution in [2.24, 2.45) is 0 Å². The molecule has 0 radical (unpaired) electrons. The molecule has 2 aromatic rings. The third-order valence-corrected chi connectivity index (χ3v) is 3.94. The number of urea groups is 1. The van der Waals surface area contributed by atoms with Crippen LogP contribution in [-0.2, 0) is 16.1 Å². The zero-order valence-corrected chi connectivity index (χ0v) is 12.7. The highest BCUT2D eigenvalue weighted by Gasteiger charge is 2.46. The average molecular weight is 308 g/mol. The topological polar surface area (TPSA) is 57.7 Å². The van der Waals surface area contributed by atoms with Crippen LogP contribution in [0.15, 0.2) is 60.7 Å². The molecule has 1 aliphatic rings. The highest BCUT2D eigenvalue weighted by Crippen LogP contribution is 2.27. The van der Waals surface area contributed by atoms with Crippen LogP contribution in [0.1, 0.15) is 24.1 Å². The maximum Gasteiger partial charge on any atom is 0.335 e. The number of carbonyl (C=O) groups is 3. The minimum atomic E-state index is -0.776. The van der Waals surface area contributed by atoms with Crippen LogP contribution >= 0.6 is 0 Å². The lowest BCUT2D eigenvalue weighted by molar-refractivity contribution is -0.144. The molecule has 0 N–H and O–H groups in total. The first-order valence-electron chi connectivity index (χ1n) is 7.37. The van der Waals surface area contributed by atoms with Crippen molar-refractivity contribution < 1.29 is 14.4 Å². The first-order valence-corrected chi connectivity index (χ1v) is 7.37. The van der Waals surface area contributed by atoms with Gasteiger partial charge in [0.2, 0.25) is 0 Å². The van der Waals surface area contributed by atoms with Crippen molar-refractivity contribution in [3.8, 4) is 0 Å². The molecule has 1 atom stereocenters. The van der Waals surface area contributed by atoms with Gasteiger partial charge in [-0.25, -0.2) is 9.69 Å². The van der Waals surface area contributed by atoms with E-state index in [0.717, 1.165) is 20.9 Å². The number of rotatable bonds is 4. The molecule has 4 amide bonds. The second-order valence-corrected chi connectivity index (χ2v) is 5.42. The van der Waals surface area contributed by atoms with E-state index < -0.39 is 23.9 Å². The Morgan fingerprint density at radius 3 is 2.00 bits per heavy atom. The number of imide groups is 2. The van der Waals surface area contributed by atoms with Crippen molar-refractivity contribution in [3.05, 3.63) is 71.8 Å². The van der Waals surface area contributed by atoms with Gasteiger partial charge in [-0.1, -0.05) is 60.7 Å². The maximum absolute atomic E-state index is 12.6. The molecule has 5 heteroatoms. The van der Waals surface area contributed by atoms with E-state index in [1.165, 1.54) is 0 Å². The van der Waals surface area contributed by atoms with Gasteiger partial charge in [-0.05, 0) is 18.1 Å². The van der Waals surface area contributed by atoms with E-state index in [-0.39, 0.29) is 6.54 Å². The van der Waals surface area contributed by atoms with Crippen molar-refractivity contribution in [1.29, 1.82) is 0 Å². The van der Waals surface area contributed by atoms with Gasteiger partial charge in [-0.2, -0.15) is 0 Å². The third-order valence-electron chi connectivity index (χ3n) is 3.94. The van der Waals surface area contributed by atoms with E-state index in [2.05, 4.69) is 0 Å². The summed E-state index contributed by atoms with van der Waals surface area (Å²) < 4.78 is 0. The van der Waals surface area contributed by atoms with E-state index in [9.17, 15) is 14.4 Å². The van der Waals surface area contributed by atoms with Crippen LogP contribution in [0.25, 0.3) is 0 Å². The summed E-state index contributed by atoms with van der Waals surface area (Å²) >= 11 is 0. The predicted octanol–water partition coefficient (Wildman–Crippen LogP) is 2.74. The Bertz CT molecular complexity index is 743. The quantitative estimate of drug-likeness (QED) is 0.644. The molecule has 0 saturated carbocycles. The molecule has 116 valence electrons. The van der Waals surface area contributed by atoms with Gasteiger partial charge in [0.1, 0.15) is 0 Å². The lowest BCUT2D eigenvalue weighted by atomic mass is 10.1. The molecule has 1 aliphatic heterocycles. The molecule has 1 unspecified atom stereocenters. The van der Waals surface area contributed by atoms with Gasteiger partial charge in [0.05, 0.1) is 12.6 Å². The third kappa shape index (κ3) is 2.73. The zero-order valence-electron chi connectivity index (χ0n) is 12.7. The normalized spacial score (nSPS) is 16.1. The molecule has 2 aromatic carbocycles. The number of nitrogens with zero attached hydrogens (tertiary/aromatic N) is 2. The average Bonchev–Trinajstić information content (AvgIpc) is 2.80. The van der Waals surface area contributed by atoms with Crippen LogP contribution in [0.5, 0.6) is 0 Å². The molecule has 1 saturated heterocycles. The summed E-state index contributed by atoms with van der Waals surface area (Å²) in [5.74, 6) is -1.55. The maximum atomic E-state index is 12.6. The summed E-state index contributed by atoms with van der Waals surface area (Å²) in [5.41, 5.74) is 1.61. The summed E-state index contributed by atoms with van der Waals surface area (Å²) in [6.07, 6.45) is 0. The molecular formula is C18H16N2O3. The summed E-state index contributed by atoms with van der Waals surface area (Å²) in [6, 6.07) is 17.3. The lowest BCUT2D eigenvalue weighted by Crippen LogP contribution is -2.35. The Hall–Kier alpha value is -2.95. The van der Waals surface area contributed by atoms with Crippen LogP contribution in [0.4, 0.5) is 4.79 Å². The molecule has 3 rings (SSSR count). The predicted molar refractivity (Wildman–Crippen MR) is 84.1 cm³/mol. The van der Waals surface area contributed by atoms with Gasteiger partial charge >= 0.3 is 17.8 Å². The van der Waals surface area contributed by atoms with Crippen LogP contribution in [0, 0.1) is 0 Å². The summed E-state index contributed by atoms with van der Waals surface area (Å²) in [4.78, 5) is 39.0. The largest absolute Gasteiger partial charge is 0.335 e. The van der Waals surface area contributed by atoms with Crippen LogP contribution in [0.3, 0.4) is 0 Å². The number of hydrogen-bond donors (Lipinski definition) is 0. The summed E-state index contributed by atoms with van der Waals surface area (Å²) in [6.45, 7) is 1.84. The number of hydrogen-bond acceptors (Lipinski definition) is 3. The van der Waals surface area contributed by atoms with E-state index in [0.29, 0.717) is 0 Å².